The van der Waals surface area contributed by atoms with Crippen molar-refractivity contribution in [3.63, 3.8) is 0 Å². The second kappa shape index (κ2) is 6.04. The van der Waals surface area contributed by atoms with Crippen molar-refractivity contribution < 1.29 is 19.7 Å². The van der Waals surface area contributed by atoms with Gasteiger partial charge in [-0.2, -0.15) is 0 Å². The fourth-order valence-corrected chi connectivity index (χ4v) is 2.14. The number of hydrogen-bond acceptors (Lipinski definition) is 5. The summed E-state index contributed by atoms with van der Waals surface area (Å²) in [5.41, 5.74) is 1.72. The van der Waals surface area contributed by atoms with E-state index in [1.54, 1.807) is 31.4 Å². The lowest BCUT2D eigenvalue weighted by molar-refractivity contribution is 0.0203. The minimum atomic E-state index is -1.02. The molecule has 0 fully saturated rings. The van der Waals surface area contributed by atoms with Gasteiger partial charge in [-0.05, 0) is 24.7 Å². The van der Waals surface area contributed by atoms with Crippen molar-refractivity contribution in [3.8, 4) is 0 Å². The Morgan fingerprint density at radius 1 is 1.45 bits per heavy atom. The number of carbonyl (C=O) groups is 1. The van der Waals surface area contributed by atoms with Crippen LogP contribution < -0.4 is 5.32 Å². The number of aromatic amines is 1. The molecule has 2 aromatic rings. The lowest BCUT2D eigenvalue weighted by atomic mass is 10.0. The van der Waals surface area contributed by atoms with Gasteiger partial charge in [0, 0.05) is 23.6 Å². The molecule has 0 spiro atoms. The summed E-state index contributed by atoms with van der Waals surface area (Å²) in [4.78, 5) is 14.6. The second-order valence-corrected chi connectivity index (χ2v) is 4.57. The first-order chi connectivity index (χ1) is 9.58. The third kappa shape index (κ3) is 2.67. The number of likely N-dealkylation sites (N-methyl/N-ethyl adjacent to an activating group) is 1. The first-order valence-electron chi connectivity index (χ1n) is 6.28. The molecule has 20 heavy (non-hydrogen) atoms. The number of benzene rings is 1. The van der Waals surface area contributed by atoms with E-state index < -0.39 is 18.2 Å². The van der Waals surface area contributed by atoms with Crippen molar-refractivity contribution in [1.82, 2.24) is 10.3 Å². The number of aliphatic hydroxyl groups is 2. The Morgan fingerprint density at radius 2 is 2.20 bits per heavy atom. The maximum atomic E-state index is 11.6. The molecule has 0 aliphatic rings. The molecule has 1 heterocycles. The van der Waals surface area contributed by atoms with Gasteiger partial charge in [-0.15, -0.1) is 0 Å². The third-order valence-electron chi connectivity index (χ3n) is 3.23. The molecule has 2 atom stereocenters. The van der Waals surface area contributed by atoms with Crippen LogP contribution in [0.5, 0.6) is 0 Å². The van der Waals surface area contributed by atoms with Crippen LogP contribution in [0.2, 0.25) is 0 Å². The number of methoxy groups -OCH3 is 1. The van der Waals surface area contributed by atoms with Crippen LogP contribution in [-0.4, -0.2) is 48.0 Å². The molecule has 6 nitrogen and oxygen atoms in total. The van der Waals surface area contributed by atoms with Crippen LogP contribution in [0.15, 0.2) is 24.4 Å². The number of hydrogen-bond donors (Lipinski definition) is 4. The highest BCUT2D eigenvalue weighted by Gasteiger charge is 2.19. The number of H-pyrrole nitrogens is 1. The van der Waals surface area contributed by atoms with Gasteiger partial charge in [0.25, 0.3) is 0 Å². The van der Waals surface area contributed by atoms with Crippen LogP contribution in [0.1, 0.15) is 22.0 Å². The minimum Gasteiger partial charge on any atom is -0.465 e. The maximum Gasteiger partial charge on any atom is 0.340 e. The molecule has 2 rings (SSSR count). The first-order valence-corrected chi connectivity index (χ1v) is 6.28. The number of fused-ring (bicyclic) bond motifs is 1. The van der Waals surface area contributed by atoms with Crippen molar-refractivity contribution in [2.45, 2.75) is 12.2 Å². The predicted molar refractivity (Wildman–Crippen MR) is 74.5 cm³/mol. The smallest absolute Gasteiger partial charge is 0.340 e. The average molecular weight is 278 g/mol. The molecule has 108 valence electrons. The normalized spacial score (nSPS) is 14.2. The summed E-state index contributed by atoms with van der Waals surface area (Å²) in [6, 6.07) is 5.15. The van der Waals surface area contributed by atoms with Crippen LogP contribution in [-0.2, 0) is 4.74 Å². The minimum absolute atomic E-state index is 0.274. The Labute approximate surface area is 116 Å². The Balaban J connectivity index is 2.39. The second-order valence-electron chi connectivity index (χ2n) is 4.57. The van der Waals surface area contributed by atoms with Gasteiger partial charge in [-0.1, -0.05) is 6.07 Å². The van der Waals surface area contributed by atoms with Gasteiger partial charge in [-0.25, -0.2) is 4.79 Å². The zero-order valence-corrected chi connectivity index (χ0v) is 11.4. The predicted octanol–water partition coefficient (Wildman–Crippen LogP) is 0.568. The van der Waals surface area contributed by atoms with Gasteiger partial charge in [0.2, 0.25) is 0 Å². The Hall–Kier alpha value is -1.89. The van der Waals surface area contributed by atoms with E-state index in [4.69, 9.17) is 4.74 Å². The molecule has 4 N–H and O–H groups in total. The van der Waals surface area contributed by atoms with E-state index in [-0.39, 0.29) is 6.54 Å². The maximum absolute atomic E-state index is 11.6. The molecule has 6 heteroatoms. The molecule has 0 aliphatic carbocycles. The number of rotatable bonds is 5. The highest BCUT2D eigenvalue weighted by Crippen LogP contribution is 2.25. The van der Waals surface area contributed by atoms with Gasteiger partial charge >= 0.3 is 5.97 Å². The fourth-order valence-electron chi connectivity index (χ4n) is 2.14. The van der Waals surface area contributed by atoms with E-state index in [2.05, 4.69) is 10.3 Å². The Morgan fingerprint density at radius 3 is 2.85 bits per heavy atom. The number of nitrogens with one attached hydrogen (secondary N) is 2. The molecule has 0 saturated heterocycles. The van der Waals surface area contributed by atoms with E-state index in [0.29, 0.717) is 16.5 Å². The molecule has 1 aromatic heterocycles. The quantitative estimate of drug-likeness (QED) is 0.600. The zero-order chi connectivity index (χ0) is 14.7. The molecular weight excluding hydrogens is 260 g/mol. The summed E-state index contributed by atoms with van der Waals surface area (Å²) in [5, 5.41) is 23.4. The lowest BCUT2D eigenvalue weighted by Gasteiger charge is -2.18. The van der Waals surface area contributed by atoms with Crippen LogP contribution in [0.25, 0.3) is 10.9 Å². The number of esters is 1. The summed E-state index contributed by atoms with van der Waals surface area (Å²) in [6.45, 7) is 0.274. The molecule has 2 unspecified atom stereocenters. The summed E-state index contributed by atoms with van der Waals surface area (Å²) in [6.07, 6.45) is -0.373. The van der Waals surface area contributed by atoms with Crippen molar-refractivity contribution in [2.75, 3.05) is 20.7 Å². The summed E-state index contributed by atoms with van der Waals surface area (Å²) < 4.78 is 4.71. The topological polar surface area (TPSA) is 94.6 Å². The molecule has 1 aromatic carbocycles. The fraction of sp³-hybridized carbons (Fsp3) is 0.357. The number of aliphatic hydroxyl groups excluding tert-OH is 2. The molecule has 0 aliphatic heterocycles. The van der Waals surface area contributed by atoms with Gasteiger partial charge in [0.05, 0.1) is 18.8 Å². The lowest BCUT2D eigenvalue weighted by Crippen LogP contribution is -2.29. The van der Waals surface area contributed by atoms with Crippen LogP contribution in [0.3, 0.4) is 0 Å². The SMILES string of the molecule is CNCC(O)C(O)c1ccc2[nH]cc(C(=O)OC)c2c1. The highest BCUT2D eigenvalue weighted by molar-refractivity contribution is 6.04. The number of carbonyl (C=O) groups excluding carboxylic acids is 1. The molecule has 0 bridgehead atoms. The highest BCUT2D eigenvalue weighted by atomic mass is 16.5. The number of aromatic nitrogens is 1. The van der Waals surface area contributed by atoms with Crippen LogP contribution in [0, 0.1) is 0 Å². The van der Waals surface area contributed by atoms with E-state index in [1.165, 1.54) is 7.11 Å². The van der Waals surface area contributed by atoms with Crippen molar-refractivity contribution in [1.29, 1.82) is 0 Å². The largest absolute Gasteiger partial charge is 0.465 e. The van der Waals surface area contributed by atoms with Crippen molar-refractivity contribution >= 4 is 16.9 Å². The van der Waals surface area contributed by atoms with E-state index in [0.717, 1.165) is 5.52 Å². The van der Waals surface area contributed by atoms with Crippen molar-refractivity contribution in [3.05, 3.63) is 35.5 Å². The summed E-state index contributed by atoms with van der Waals surface area (Å²) in [7, 11) is 3.01. The summed E-state index contributed by atoms with van der Waals surface area (Å²) in [5.74, 6) is -0.446. The average Bonchev–Trinajstić information content (AvgIpc) is 2.88. The molecule has 0 amide bonds. The van der Waals surface area contributed by atoms with Crippen LogP contribution >= 0.6 is 0 Å². The van der Waals surface area contributed by atoms with Gasteiger partial charge < -0.3 is 25.3 Å². The molecular formula is C14H18N2O4. The third-order valence-corrected chi connectivity index (χ3v) is 3.23. The summed E-state index contributed by atoms with van der Waals surface area (Å²) >= 11 is 0. The van der Waals surface area contributed by atoms with Gasteiger partial charge in [0.15, 0.2) is 0 Å². The van der Waals surface area contributed by atoms with Gasteiger partial charge in [0.1, 0.15) is 6.10 Å². The van der Waals surface area contributed by atoms with Gasteiger partial charge in [-0.3, -0.25) is 0 Å². The van der Waals surface area contributed by atoms with Crippen LogP contribution in [0.4, 0.5) is 0 Å². The van der Waals surface area contributed by atoms with E-state index >= 15 is 0 Å². The first kappa shape index (κ1) is 14.5. The van der Waals surface area contributed by atoms with E-state index in [9.17, 15) is 15.0 Å². The monoisotopic (exact) mass is 278 g/mol. The number of ether oxygens (including phenoxy) is 1. The van der Waals surface area contributed by atoms with Crippen molar-refractivity contribution in [2.24, 2.45) is 0 Å². The standard InChI is InChI=1S/C14H18N2O4/c1-15-7-12(17)13(18)8-3-4-11-9(5-8)10(6-16-11)14(19)20-2/h3-6,12-13,15-18H,7H2,1-2H3. The van der Waals surface area contributed by atoms with E-state index in [1.807, 2.05) is 0 Å². The molecule has 0 saturated carbocycles. The Bertz CT molecular complexity index is 608. The Kier molecular flexibility index (Phi) is 4.39. The molecule has 0 radical (unpaired) electrons. The zero-order valence-electron chi connectivity index (χ0n) is 11.4.